The number of carbonyl (C=O) groups is 1. The molecule has 0 aromatic heterocycles. The van der Waals surface area contributed by atoms with Gasteiger partial charge in [-0.25, -0.2) is 0 Å². The van der Waals surface area contributed by atoms with Crippen LogP contribution in [0.2, 0.25) is 0 Å². The van der Waals surface area contributed by atoms with Gasteiger partial charge in [0.2, 0.25) is 6.29 Å². The van der Waals surface area contributed by atoms with Gasteiger partial charge in [-0.15, -0.1) is 0 Å². The van der Waals surface area contributed by atoms with E-state index >= 15 is 0 Å². The van der Waals surface area contributed by atoms with E-state index in [1.165, 1.54) is 7.11 Å². The molecular formula is C14H25FO6. The lowest BCUT2D eigenvalue weighted by atomic mass is 9.86. The Bertz CT molecular complexity index is 302. The predicted molar refractivity (Wildman–Crippen MR) is 72.2 cm³/mol. The molecule has 1 fully saturated rings. The number of carbonyl (C=O) groups excluding carboxylic acids is 1. The minimum atomic E-state index is -1.35. The molecule has 0 saturated heterocycles. The molecule has 0 bridgehead atoms. The molecule has 0 aromatic rings. The third-order valence-corrected chi connectivity index (χ3v) is 3.54. The van der Waals surface area contributed by atoms with Gasteiger partial charge in [0, 0.05) is 20.1 Å². The van der Waals surface area contributed by atoms with Gasteiger partial charge in [-0.3, -0.25) is 9.18 Å². The summed E-state index contributed by atoms with van der Waals surface area (Å²) >= 11 is 0. The standard InChI is InChI=1S/C14H25FO6/c1-19-10-14(9-17,5-7-16)13(18)21-12(4-6-15)20-8-11-2-3-11/h11-12,16-17H,2-10H2,1H3. The molecule has 0 aromatic carbocycles. The minimum Gasteiger partial charge on any atom is -0.435 e. The number of rotatable bonds is 12. The third kappa shape index (κ3) is 5.86. The lowest BCUT2D eigenvalue weighted by Crippen LogP contribution is -2.43. The van der Waals surface area contributed by atoms with Crippen LogP contribution in [0.25, 0.3) is 0 Å². The quantitative estimate of drug-likeness (QED) is 0.407. The van der Waals surface area contributed by atoms with E-state index in [0.717, 1.165) is 12.8 Å². The second-order valence-electron chi connectivity index (χ2n) is 5.43. The second kappa shape index (κ2) is 9.30. The fraction of sp³-hybridized carbons (Fsp3) is 0.929. The average Bonchev–Trinajstić information content (AvgIpc) is 3.28. The minimum absolute atomic E-state index is 0.00113. The van der Waals surface area contributed by atoms with Gasteiger partial charge >= 0.3 is 5.97 Å². The summed E-state index contributed by atoms with van der Waals surface area (Å²) in [6.45, 7) is -1.14. The van der Waals surface area contributed by atoms with Crippen LogP contribution in [0.3, 0.4) is 0 Å². The number of hydrogen-bond donors (Lipinski definition) is 2. The Morgan fingerprint density at radius 1 is 1.43 bits per heavy atom. The van der Waals surface area contributed by atoms with Crippen molar-refractivity contribution in [3.05, 3.63) is 0 Å². The Morgan fingerprint density at radius 3 is 2.62 bits per heavy atom. The van der Waals surface area contributed by atoms with E-state index in [9.17, 15) is 14.3 Å². The lowest BCUT2D eigenvalue weighted by Gasteiger charge is -2.30. The SMILES string of the molecule is COCC(CO)(CCO)C(=O)OC(CCF)OCC1CC1. The Labute approximate surface area is 124 Å². The predicted octanol–water partition coefficient (Wildman–Crippen LogP) is 0.649. The summed E-state index contributed by atoms with van der Waals surface area (Å²) < 4.78 is 28.0. The van der Waals surface area contributed by atoms with Crippen LogP contribution in [0.15, 0.2) is 0 Å². The molecule has 0 amide bonds. The molecule has 2 unspecified atom stereocenters. The highest BCUT2D eigenvalue weighted by Gasteiger charge is 2.41. The number of esters is 1. The summed E-state index contributed by atoms with van der Waals surface area (Å²) in [6, 6.07) is 0. The number of methoxy groups -OCH3 is 1. The summed E-state index contributed by atoms with van der Waals surface area (Å²) in [6.07, 6.45) is 1.13. The number of halogens is 1. The molecule has 1 saturated carbocycles. The molecule has 2 N–H and O–H groups in total. The highest BCUT2D eigenvalue weighted by Crippen LogP contribution is 2.30. The van der Waals surface area contributed by atoms with Gasteiger partial charge < -0.3 is 24.4 Å². The van der Waals surface area contributed by atoms with E-state index in [-0.39, 0.29) is 26.1 Å². The van der Waals surface area contributed by atoms with E-state index < -0.39 is 31.0 Å². The van der Waals surface area contributed by atoms with Crippen molar-refractivity contribution in [3.63, 3.8) is 0 Å². The van der Waals surface area contributed by atoms with Crippen LogP contribution in [0.5, 0.6) is 0 Å². The van der Waals surface area contributed by atoms with Crippen LogP contribution in [-0.4, -0.2) is 62.7 Å². The first-order chi connectivity index (χ1) is 10.1. The molecule has 1 rings (SSSR count). The van der Waals surface area contributed by atoms with E-state index in [0.29, 0.717) is 12.5 Å². The first kappa shape index (κ1) is 18.3. The molecule has 0 radical (unpaired) electrons. The van der Waals surface area contributed by atoms with E-state index in [4.69, 9.17) is 19.3 Å². The lowest BCUT2D eigenvalue weighted by molar-refractivity contribution is -0.199. The molecule has 0 aliphatic heterocycles. The van der Waals surface area contributed by atoms with Gasteiger partial charge in [-0.05, 0) is 25.2 Å². The Hall–Kier alpha value is -0.760. The maximum atomic E-state index is 12.5. The Morgan fingerprint density at radius 2 is 2.14 bits per heavy atom. The van der Waals surface area contributed by atoms with Crippen LogP contribution in [0.4, 0.5) is 4.39 Å². The maximum Gasteiger partial charge on any atom is 0.319 e. The summed E-state index contributed by atoms with van der Waals surface area (Å²) in [5.41, 5.74) is -1.35. The topological polar surface area (TPSA) is 85.2 Å². The van der Waals surface area contributed by atoms with Crippen molar-refractivity contribution in [2.24, 2.45) is 11.3 Å². The van der Waals surface area contributed by atoms with Gasteiger partial charge in [0.25, 0.3) is 0 Å². The van der Waals surface area contributed by atoms with Crippen LogP contribution in [0, 0.1) is 11.3 Å². The normalized spacial score (nSPS) is 19.0. The van der Waals surface area contributed by atoms with Gasteiger partial charge in [-0.2, -0.15) is 0 Å². The molecule has 2 atom stereocenters. The monoisotopic (exact) mass is 308 g/mol. The zero-order valence-electron chi connectivity index (χ0n) is 12.4. The molecular weight excluding hydrogens is 283 g/mol. The molecule has 1 aliphatic rings. The van der Waals surface area contributed by atoms with Crippen molar-refractivity contribution in [3.8, 4) is 0 Å². The summed E-state index contributed by atoms with van der Waals surface area (Å²) in [4.78, 5) is 12.2. The molecule has 6 nitrogen and oxygen atoms in total. The molecule has 1 aliphatic carbocycles. The number of aliphatic hydroxyl groups excluding tert-OH is 2. The number of hydrogen-bond acceptors (Lipinski definition) is 6. The summed E-state index contributed by atoms with van der Waals surface area (Å²) in [7, 11) is 1.39. The van der Waals surface area contributed by atoms with Crippen molar-refractivity contribution >= 4 is 5.97 Å². The molecule has 21 heavy (non-hydrogen) atoms. The van der Waals surface area contributed by atoms with Crippen molar-refractivity contribution in [2.75, 3.05) is 40.2 Å². The fourth-order valence-corrected chi connectivity index (χ4v) is 1.95. The number of ether oxygens (including phenoxy) is 3. The maximum absolute atomic E-state index is 12.5. The van der Waals surface area contributed by atoms with E-state index in [1.54, 1.807) is 0 Å². The zero-order chi connectivity index (χ0) is 15.7. The van der Waals surface area contributed by atoms with Crippen molar-refractivity contribution < 1.29 is 33.6 Å². The number of alkyl halides is 1. The first-order valence-electron chi connectivity index (χ1n) is 7.21. The van der Waals surface area contributed by atoms with Crippen molar-refractivity contribution in [1.82, 2.24) is 0 Å². The van der Waals surface area contributed by atoms with E-state index in [2.05, 4.69) is 0 Å². The summed E-state index contributed by atoms with van der Waals surface area (Å²) in [5.74, 6) is -0.278. The van der Waals surface area contributed by atoms with Gasteiger partial charge in [0.15, 0.2) is 0 Å². The summed E-state index contributed by atoms with van der Waals surface area (Å²) in [5, 5.41) is 18.5. The largest absolute Gasteiger partial charge is 0.435 e. The molecule has 0 spiro atoms. The van der Waals surface area contributed by atoms with Crippen LogP contribution < -0.4 is 0 Å². The Balaban J connectivity index is 2.60. The van der Waals surface area contributed by atoms with Gasteiger partial charge in [0.1, 0.15) is 5.41 Å². The number of aliphatic hydroxyl groups is 2. The first-order valence-corrected chi connectivity index (χ1v) is 7.21. The highest BCUT2D eigenvalue weighted by molar-refractivity contribution is 5.77. The molecule has 124 valence electrons. The molecule has 0 heterocycles. The highest BCUT2D eigenvalue weighted by atomic mass is 19.1. The second-order valence-corrected chi connectivity index (χ2v) is 5.43. The zero-order valence-corrected chi connectivity index (χ0v) is 12.4. The smallest absolute Gasteiger partial charge is 0.319 e. The van der Waals surface area contributed by atoms with Crippen molar-refractivity contribution in [1.29, 1.82) is 0 Å². The molecule has 7 heteroatoms. The van der Waals surface area contributed by atoms with Crippen LogP contribution >= 0.6 is 0 Å². The fourth-order valence-electron chi connectivity index (χ4n) is 1.95. The average molecular weight is 308 g/mol. The third-order valence-electron chi connectivity index (χ3n) is 3.54. The van der Waals surface area contributed by atoms with Crippen molar-refractivity contribution in [2.45, 2.75) is 32.0 Å². The Kier molecular flexibility index (Phi) is 8.10. The van der Waals surface area contributed by atoms with Gasteiger partial charge in [0.05, 0.1) is 26.5 Å². The van der Waals surface area contributed by atoms with Gasteiger partial charge in [-0.1, -0.05) is 0 Å². The van der Waals surface area contributed by atoms with Crippen LogP contribution in [0.1, 0.15) is 25.7 Å². The van der Waals surface area contributed by atoms with Crippen LogP contribution in [-0.2, 0) is 19.0 Å². The van der Waals surface area contributed by atoms with E-state index in [1.807, 2.05) is 0 Å².